The van der Waals surface area contributed by atoms with Crippen molar-refractivity contribution in [3.8, 4) is 57.5 Å². The lowest BCUT2D eigenvalue weighted by Gasteiger charge is -2.31. The molecule has 0 aromatic heterocycles. The van der Waals surface area contributed by atoms with E-state index in [1.807, 2.05) is 38.1 Å². The number of carbonyl (C=O) groups excluding carboxylic acids is 8. The van der Waals surface area contributed by atoms with E-state index in [0.717, 1.165) is 134 Å². The topological polar surface area (TPSA) is 396 Å². The molecule has 808 valence electrons. The average Bonchev–Trinajstić information content (AvgIpc) is 0.759. The highest BCUT2D eigenvalue weighted by Crippen LogP contribution is 2.46. The van der Waals surface area contributed by atoms with E-state index < -0.39 is 66.3 Å². The zero-order valence-corrected chi connectivity index (χ0v) is 88.7. The molecule has 0 amide bonds. The number of unbranched alkanes of at least 4 members (excludes halogenated alkanes) is 16. The Morgan fingerprint density at radius 1 is 0.278 bits per heavy atom. The molecular weight excluding hydrogens is 1850 g/mol. The highest BCUT2D eigenvalue weighted by molar-refractivity contribution is 5.85. The van der Waals surface area contributed by atoms with Crippen LogP contribution in [-0.2, 0) is 79.6 Å². The molecule has 0 saturated heterocycles. The summed E-state index contributed by atoms with van der Waals surface area (Å²) in [6, 6.07) is 31.2. The number of hydrogen-bond acceptors (Lipinski definition) is 29. The zero-order valence-electron chi connectivity index (χ0n) is 88.7. The third-order valence-corrected chi connectivity index (χ3v) is 25.0. The first-order valence-electron chi connectivity index (χ1n) is 52.0. The quantitative estimate of drug-likeness (QED) is 0.00679. The molecule has 6 aromatic carbocycles. The number of aromatic hydroxyl groups is 1. The van der Waals surface area contributed by atoms with Gasteiger partial charge in [0.05, 0.1) is 81.3 Å². The molecule has 0 radical (unpaired) electrons. The minimum absolute atomic E-state index is 0. The van der Waals surface area contributed by atoms with Crippen molar-refractivity contribution in [1.29, 1.82) is 0 Å². The van der Waals surface area contributed by atoms with Gasteiger partial charge in [0.15, 0.2) is 46.0 Å². The molecule has 0 saturated carbocycles. The molecule has 29 heteroatoms. The van der Waals surface area contributed by atoms with Crippen LogP contribution >= 0.6 is 0 Å². The number of aliphatic hydroxyl groups excluding tert-OH is 5. The minimum atomic E-state index is -0.933. The molecule has 0 bridgehead atoms. The lowest BCUT2D eigenvalue weighted by Crippen LogP contribution is -2.27. The SMILES string of the molecule is C.CCCCCC(=O)OC(=O)CCCCC.CCCCCC(=O)OCC(C)C(OC(=O)CCCCC)c1ccc(CC(COC(=O)CCCCC)C(Oc2ccc(C(OC(=O)CCCCC)C(C)COC(=O)CCCCC)cc2OC)c2ccc(OC(=O)CCCCC)c(OC)c2)c(OC)c1.COc1cc(C(Oc2ccc(C(O)C(C)CO)cc2OC)C(CO)Cc2ccc(C(O)C(C)CO)cc2OC)ccc1O. The molecule has 12 atom stereocenters. The van der Waals surface area contributed by atoms with Gasteiger partial charge in [-0.2, -0.15) is 0 Å². The predicted octanol–water partition coefficient (Wildman–Crippen LogP) is 23.7. The molecule has 6 rings (SSSR count). The first-order chi connectivity index (χ1) is 68.9. The summed E-state index contributed by atoms with van der Waals surface area (Å²) in [5, 5.41) is 61.1. The normalized spacial score (nSPS) is 13.5. The van der Waals surface area contributed by atoms with Crippen molar-refractivity contribution in [2.45, 2.75) is 345 Å². The Morgan fingerprint density at radius 2 is 0.556 bits per heavy atom. The van der Waals surface area contributed by atoms with Crippen LogP contribution in [-0.4, -0.2) is 161 Å². The van der Waals surface area contributed by atoms with E-state index in [9.17, 15) is 69.0 Å². The summed E-state index contributed by atoms with van der Waals surface area (Å²) >= 11 is 0. The Balaban J connectivity index is 0.000000740. The average molecular weight is 2020 g/mol. The molecule has 0 spiro atoms. The van der Waals surface area contributed by atoms with Crippen LogP contribution in [0, 0.1) is 35.5 Å². The number of hydrogen-bond donors (Lipinski definition) is 6. The third kappa shape index (κ3) is 45.9. The monoisotopic (exact) mass is 2020 g/mol. The van der Waals surface area contributed by atoms with E-state index >= 15 is 0 Å². The molecule has 144 heavy (non-hydrogen) atoms. The van der Waals surface area contributed by atoms with Gasteiger partial charge >= 0.3 is 47.8 Å². The molecule has 0 heterocycles. The van der Waals surface area contributed by atoms with Crippen molar-refractivity contribution in [3.63, 3.8) is 0 Å². The van der Waals surface area contributed by atoms with Gasteiger partial charge in [0.1, 0.15) is 35.9 Å². The van der Waals surface area contributed by atoms with E-state index in [-0.39, 0.29) is 156 Å². The maximum Gasteiger partial charge on any atom is 0.313 e. The Morgan fingerprint density at radius 3 is 0.924 bits per heavy atom. The number of aliphatic hydroxyl groups is 5. The number of methoxy groups -OCH3 is 6. The summed E-state index contributed by atoms with van der Waals surface area (Å²) < 4.78 is 89.0. The van der Waals surface area contributed by atoms with Gasteiger partial charge < -0.3 is 102 Å². The van der Waals surface area contributed by atoms with E-state index in [0.29, 0.717) is 131 Å². The van der Waals surface area contributed by atoms with Crippen LogP contribution in [0.2, 0.25) is 0 Å². The van der Waals surface area contributed by atoms with Crippen LogP contribution in [0.4, 0.5) is 0 Å². The maximum absolute atomic E-state index is 13.6. The highest BCUT2D eigenvalue weighted by Gasteiger charge is 2.36. The second-order valence-corrected chi connectivity index (χ2v) is 37.0. The van der Waals surface area contributed by atoms with Crippen LogP contribution in [0.1, 0.15) is 377 Å². The van der Waals surface area contributed by atoms with Gasteiger partial charge in [-0.25, -0.2) is 0 Å². The Labute approximate surface area is 857 Å². The molecule has 0 aliphatic heterocycles. The molecule has 0 aliphatic carbocycles. The van der Waals surface area contributed by atoms with Crippen molar-refractivity contribution in [1.82, 2.24) is 0 Å². The maximum atomic E-state index is 13.6. The third-order valence-electron chi connectivity index (χ3n) is 25.0. The highest BCUT2D eigenvalue weighted by atomic mass is 16.6. The number of benzene rings is 6. The molecular formula is C115H174O29. The van der Waals surface area contributed by atoms with Crippen LogP contribution in [0.5, 0.6) is 57.5 Å². The smallest absolute Gasteiger partial charge is 0.313 e. The number of ether oxygens (including phenoxy) is 15. The zero-order chi connectivity index (χ0) is 106. The second kappa shape index (κ2) is 73.4. The van der Waals surface area contributed by atoms with Crippen molar-refractivity contribution in [2.75, 3.05) is 82.3 Å². The molecule has 6 N–H and O–H groups in total. The Bertz CT molecular complexity index is 4640. The van der Waals surface area contributed by atoms with Gasteiger partial charge in [-0.05, 0) is 169 Å². The molecule has 0 fully saturated rings. The van der Waals surface area contributed by atoms with Crippen LogP contribution < -0.4 is 42.6 Å². The number of phenolic OH excluding ortho intramolecular Hbond substituents is 1. The molecule has 6 aromatic rings. The number of rotatable bonds is 70. The Hall–Kier alpha value is -10.7. The fraction of sp³-hybridized carbons (Fsp3) is 0.617. The second-order valence-electron chi connectivity index (χ2n) is 37.0. The predicted molar refractivity (Wildman–Crippen MR) is 556 cm³/mol. The summed E-state index contributed by atoms with van der Waals surface area (Å²) in [6.45, 7) is 23.1. The first kappa shape index (κ1) is 127. The lowest BCUT2D eigenvalue weighted by atomic mass is 9.88. The van der Waals surface area contributed by atoms with Crippen LogP contribution in [0.25, 0.3) is 0 Å². The summed E-state index contributed by atoms with van der Waals surface area (Å²) in [5.41, 5.74) is 5.06. The van der Waals surface area contributed by atoms with E-state index in [2.05, 4.69) is 60.1 Å². The van der Waals surface area contributed by atoms with Crippen molar-refractivity contribution in [2.24, 2.45) is 35.5 Å². The van der Waals surface area contributed by atoms with Gasteiger partial charge in [-0.1, -0.05) is 242 Å². The number of phenols is 1. The number of esters is 8. The fourth-order valence-corrected chi connectivity index (χ4v) is 16.1. The largest absolute Gasteiger partial charge is 0.504 e. The summed E-state index contributed by atoms with van der Waals surface area (Å²) in [4.78, 5) is 101. The van der Waals surface area contributed by atoms with Gasteiger partial charge in [-0.3, -0.25) is 38.4 Å². The summed E-state index contributed by atoms with van der Waals surface area (Å²) in [5.74, 6) is -2.66. The van der Waals surface area contributed by atoms with Crippen LogP contribution in [0.15, 0.2) is 109 Å². The summed E-state index contributed by atoms with van der Waals surface area (Å²) in [6.07, 6.45) is 18.7. The molecule has 0 aliphatic rings. The fourth-order valence-electron chi connectivity index (χ4n) is 16.1. The van der Waals surface area contributed by atoms with Gasteiger partial charge in [-0.15, -0.1) is 0 Å². The van der Waals surface area contributed by atoms with Gasteiger partial charge in [0.25, 0.3) is 0 Å². The Kier molecular flexibility index (Phi) is 64.9. The molecule has 12 unspecified atom stereocenters. The van der Waals surface area contributed by atoms with E-state index in [1.54, 1.807) is 99.8 Å². The van der Waals surface area contributed by atoms with Crippen molar-refractivity contribution >= 4 is 47.8 Å². The minimum Gasteiger partial charge on any atom is -0.504 e. The van der Waals surface area contributed by atoms with E-state index in [4.69, 9.17) is 66.3 Å². The van der Waals surface area contributed by atoms with Gasteiger partial charge in [0, 0.05) is 100 Å². The van der Waals surface area contributed by atoms with Crippen molar-refractivity contribution < 1.29 is 140 Å². The molecule has 29 nitrogen and oxygen atoms in total. The first-order valence-corrected chi connectivity index (χ1v) is 52.0. The van der Waals surface area contributed by atoms with Gasteiger partial charge in [0.2, 0.25) is 0 Å². The standard InChI is InChI=1S/C69H104O16.C33H44O10.C12H22O3.CH4/c1-12-18-24-30-61(70)79-46-49(7)67(84-65(74)34-28-22-16-5)52-37-36-51(58(43-52)76-9)42-55(48-81-63(72)32-26-20-14-3)69(54-39-40-56(59(45-54)77-10)82-64(73)33-27-21-15-4)83-57-41-38-53(44-60(57)78-11)68(85-66(75)35-29-23-17-6)50(8)47-80-62(71)31-25-19-13-2;1-19(16-34)31(38)22-7-6-21(28(13-22)40-3)12-25(18-36)33(24-8-10-26(37)29(15-24)41-4)43-27-11-9-23(14-30(27)42-5)32(39)20(2)17-35;1-3-5-7-9-11(13)15-12(14)10-8-6-4-2;/h36-41,43-45,49-50,55,67-69H,12-35,42,46-48H2,1-11H3;6-11,13-15,19-20,25,31-39H,12,16-18H2,1-5H3;3-10H2,1-2H3;1H4. The van der Waals surface area contributed by atoms with Crippen LogP contribution in [0.3, 0.4) is 0 Å². The summed E-state index contributed by atoms with van der Waals surface area (Å²) in [7, 11) is 9.00. The van der Waals surface area contributed by atoms with Crippen molar-refractivity contribution in [3.05, 3.63) is 154 Å². The lowest BCUT2D eigenvalue weighted by molar-refractivity contribution is -0.160. The number of carbonyl (C=O) groups is 8. The van der Waals surface area contributed by atoms with E-state index in [1.165, 1.54) is 41.6 Å².